The lowest BCUT2D eigenvalue weighted by Gasteiger charge is -2.29. The van der Waals surface area contributed by atoms with Crippen LogP contribution in [0.5, 0.6) is 5.75 Å². The van der Waals surface area contributed by atoms with Gasteiger partial charge in [0.25, 0.3) is 0 Å². The van der Waals surface area contributed by atoms with Crippen LogP contribution in [-0.2, 0) is 4.79 Å². The molecule has 0 radical (unpaired) electrons. The van der Waals surface area contributed by atoms with Crippen LogP contribution in [0.3, 0.4) is 0 Å². The zero-order valence-corrected chi connectivity index (χ0v) is 23.8. The van der Waals surface area contributed by atoms with Crippen molar-refractivity contribution in [2.75, 3.05) is 0 Å². The van der Waals surface area contributed by atoms with Gasteiger partial charge in [-0.15, -0.1) is 0 Å². The Bertz CT molecular complexity index is 859. The fraction of sp³-hybridized carbons (Fsp3) is 0.629. The molecule has 0 spiro atoms. The number of hydrogen-bond acceptors (Lipinski definition) is 2. The van der Waals surface area contributed by atoms with Crippen molar-refractivity contribution in [1.29, 1.82) is 0 Å². The highest BCUT2D eigenvalue weighted by atomic mass is 16.5. The van der Waals surface area contributed by atoms with Gasteiger partial charge in [-0.2, -0.15) is 0 Å². The maximum Gasteiger partial charge on any atom is 0.311 e. The molecule has 37 heavy (non-hydrogen) atoms. The quantitative estimate of drug-likeness (QED) is 0.122. The van der Waals surface area contributed by atoms with Gasteiger partial charge in [-0.25, -0.2) is 0 Å². The van der Waals surface area contributed by atoms with Crippen LogP contribution in [0.1, 0.15) is 141 Å². The zero-order valence-electron chi connectivity index (χ0n) is 23.8. The van der Waals surface area contributed by atoms with Gasteiger partial charge in [0.1, 0.15) is 5.75 Å². The molecule has 0 aliphatic heterocycles. The third-order valence-electron chi connectivity index (χ3n) is 8.35. The minimum atomic E-state index is -0.142. The third-order valence-corrected chi connectivity index (χ3v) is 8.35. The smallest absolute Gasteiger partial charge is 0.311 e. The highest BCUT2D eigenvalue weighted by Gasteiger charge is 2.22. The topological polar surface area (TPSA) is 26.3 Å². The van der Waals surface area contributed by atoms with Gasteiger partial charge in [-0.3, -0.25) is 4.79 Å². The Labute approximate surface area is 227 Å². The van der Waals surface area contributed by atoms with Crippen LogP contribution in [0.25, 0.3) is 11.1 Å². The number of carbonyl (C=O) groups is 1. The molecule has 2 aromatic carbocycles. The molecule has 0 N–H and O–H groups in total. The van der Waals surface area contributed by atoms with Crippen LogP contribution in [0.2, 0.25) is 0 Å². The first-order chi connectivity index (χ1) is 18.2. The van der Waals surface area contributed by atoms with Crippen molar-refractivity contribution in [3.63, 3.8) is 0 Å². The van der Waals surface area contributed by atoms with E-state index in [0.717, 1.165) is 24.7 Å². The van der Waals surface area contributed by atoms with E-state index in [2.05, 4.69) is 50.2 Å². The number of ether oxygens (including phenoxy) is 1. The van der Waals surface area contributed by atoms with E-state index < -0.39 is 0 Å². The van der Waals surface area contributed by atoms with Crippen LogP contribution < -0.4 is 4.74 Å². The van der Waals surface area contributed by atoms with Crippen molar-refractivity contribution in [3.05, 3.63) is 54.1 Å². The van der Waals surface area contributed by atoms with Crippen molar-refractivity contribution in [2.24, 2.45) is 5.92 Å². The average molecular weight is 505 g/mol. The van der Waals surface area contributed by atoms with Crippen LogP contribution in [0.4, 0.5) is 0 Å². The molecule has 1 aliphatic carbocycles. The van der Waals surface area contributed by atoms with Gasteiger partial charge in [0.15, 0.2) is 0 Å². The molecule has 0 heterocycles. The molecule has 1 aliphatic rings. The Kier molecular flexibility index (Phi) is 13.9. The van der Waals surface area contributed by atoms with Crippen molar-refractivity contribution in [3.8, 4) is 16.9 Å². The fourth-order valence-corrected chi connectivity index (χ4v) is 5.87. The second-order valence-corrected chi connectivity index (χ2v) is 11.4. The van der Waals surface area contributed by atoms with Crippen molar-refractivity contribution in [2.45, 2.75) is 135 Å². The summed E-state index contributed by atoms with van der Waals surface area (Å²) in [6, 6.07) is 17.1. The van der Waals surface area contributed by atoms with E-state index in [1.54, 1.807) is 0 Å². The summed E-state index contributed by atoms with van der Waals surface area (Å²) in [5.41, 5.74) is 3.89. The van der Waals surface area contributed by atoms with Crippen LogP contribution in [0.15, 0.2) is 48.5 Å². The molecule has 2 aromatic rings. The van der Waals surface area contributed by atoms with Gasteiger partial charge < -0.3 is 4.74 Å². The normalized spacial score (nSPS) is 17.6. The molecule has 204 valence electrons. The summed E-state index contributed by atoms with van der Waals surface area (Å²) >= 11 is 0. The lowest BCUT2D eigenvalue weighted by molar-refractivity contribution is -0.134. The average Bonchev–Trinajstić information content (AvgIpc) is 2.94. The minimum absolute atomic E-state index is 0.142. The van der Waals surface area contributed by atoms with E-state index in [9.17, 15) is 4.79 Å². The monoisotopic (exact) mass is 504 g/mol. The summed E-state index contributed by atoms with van der Waals surface area (Å²) in [5.74, 6) is 2.18. The molecular weight excluding hydrogens is 452 g/mol. The molecule has 2 heteroatoms. The van der Waals surface area contributed by atoms with Crippen molar-refractivity contribution < 1.29 is 9.53 Å². The molecular formula is C35H52O2. The largest absolute Gasteiger partial charge is 0.427 e. The van der Waals surface area contributed by atoms with Gasteiger partial charge >= 0.3 is 5.97 Å². The molecule has 0 bridgehead atoms. The predicted molar refractivity (Wildman–Crippen MR) is 158 cm³/mol. The number of esters is 1. The Hall–Kier alpha value is -2.09. The first-order valence-electron chi connectivity index (χ1n) is 15.6. The lowest BCUT2D eigenvalue weighted by atomic mass is 9.77. The summed E-state index contributed by atoms with van der Waals surface area (Å²) in [7, 11) is 0. The zero-order chi connectivity index (χ0) is 26.1. The standard InChI is InChI=1S/C35H52O2/c1-3-5-7-8-9-10-11-12-13-14-15-29-17-19-30(20-18-29)31-21-23-32(24-22-31)33-25-27-34(28-26-33)37-35(36)16-6-4-2/h21-30H,3-20H2,1-2H3. The summed E-state index contributed by atoms with van der Waals surface area (Å²) < 4.78 is 5.44. The highest BCUT2D eigenvalue weighted by molar-refractivity contribution is 5.73. The number of rotatable bonds is 17. The molecule has 0 unspecified atom stereocenters. The molecule has 1 fully saturated rings. The van der Waals surface area contributed by atoms with Gasteiger partial charge in [0, 0.05) is 6.42 Å². The van der Waals surface area contributed by atoms with E-state index in [4.69, 9.17) is 4.74 Å². The Morgan fingerprint density at radius 2 is 1.16 bits per heavy atom. The fourth-order valence-electron chi connectivity index (χ4n) is 5.87. The Morgan fingerprint density at radius 1 is 0.649 bits per heavy atom. The van der Waals surface area contributed by atoms with Crippen LogP contribution in [-0.4, -0.2) is 5.97 Å². The molecule has 2 nitrogen and oxygen atoms in total. The summed E-state index contributed by atoms with van der Waals surface area (Å²) in [5, 5.41) is 0. The maximum atomic E-state index is 11.8. The maximum absolute atomic E-state index is 11.8. The SMILES string of the molecule is CCCCCCCCCCCCC1CCC(c2ccc(-c3ccc(OC(=O)CCCC)cc3)cc2)CC1. The summed E-state index contributed by atoms with van der Waals surface area (Å²) in [6.45, 7) is 4.38. The molecule has 0 saturated heterocycles. The van der Waals surface area contributed by atoms with E-state index in [1.165, 1.54) is 113 Å². The van der Waals surface area contributed by atoms with Gasteiger partial charge in [0.2, 0.25) is 0 Å². The first kappa shape index (κ1) is 29.5. The second-order valence-electron chi connectivity index (χ2n) is 11.4. The van der Waals surface area contributed by atoms with Gasteiger partial charge in [-0.05, 0) is 72.8 Å². The summed E-state index contributed by atoms with van der Waals surface area (Å²) in [4.78, 5) is 11.8. The lowest BCUT2D eigenvalue weighted by Crippen LogP contribution is -2.13. The van der Waals surface area contributed by atoms with E-state index >= 15 is 0 Å². The van der Waals surface area contributed by atoms with Crippen LogP contribution >= 0.6 is 0 Å². The van der Waals surface area contributed by atoms with E-state index in [-0.39, 0.29) is 5.97 Å². The molecule has 0 atom stereocenters. The Balaban J connectivity index is 1.32. The molecule has 1 saturated carbocycles. The van der Waals surface area contributed by atoms with E-state index in [0.29, 0.717) is 12.2 Å². The molecule has 3 rings (SSSR count). The highest BCUT2D eigenvalue weighted by Crippen LogP contribution is 2.38. The molecule has 0 aromatic heterocycles. The number of benzene rings is 2. The molecule has 0 amide bonds. The summed E-state index contributed by atoms with van der Waals surface area (Å²) in [6.07, 6.45) is 23.7. The van der Waals surface area contributed by atoms with Crippen molar-refractivity contribution >= 4 is 5.97 Å². The van der Waals surface area contributed by atoms with E-state index in [1.807, 2.05) is 12.1 Å². The second kappa shape index (κ2) is 17.4. The van der Waals surface area contributed by atoms with Crippen LogP contribution in [0, 0.1) is 5.92 Å². The van der Waals surface area contributed by atoms with Gasteiger partial charge in [0.05, 0.1) is 0 Å². The predicted octanol–water partition coefficient (Wildman–Crippen LogP) is 11.0. The number of unbranched alkanes of at least 4 members (excludes halogenated alkanes) is 10. The number of carbonyl (C=O) groups excluding carboxylic acids is 1. The minimum Gasteiger partial charge on any atom is -0.427 e. The number of hydrogen-bond donors (Lipinski definition) is 0. The van der Waals surface area contributed by atoms with Gasteiger partial charge in [-0.1, -0.05) is 127 Å². The third kappa shape index (κ3) is 11.0. The van der Waals surface area contributed by atoms with Crippen molar-refractivity contribution in [1.82, 2.24) is 0 Å². The Morgan fingerprint density at radius 3 is 1.73 bits per heavy atom. The first-order valence-corrected chi connectivity index (χ1v) is 15.6.